The normalized spacial score (nSPS) is 11.8. The summed E-state index contributed by atoms with van der Waals surface area (Å²) in [5.74, 6) is -0.135. The van der Waals surface area contributed by atoms with E-state index in [9.17, 15) is 9.59 Å². The molecule has 6 heteroatoms. The van der Waals surface area contributed by atoms with Gasteiger partial charge in [-0.15, -0.1) is 6.58 Å². The van der Waals surface area contributed by atoms with E-state index in [2.05, 4.69) is 28.1 Å². The van der Waals surface area contributed by atoms with Gasteiger partial charge in [-0.3, -0.25) is 14.6 Å². The molecule has 0 radical (unpaired) electrons. The van der Waals surface area contributed by atoms with Crippen molar-refractivity contribution in [2.45, 2.75) is 26.7 Å². The number of hydrogen-bond acceptors (Lipinski definition) is 5. The van der Waals surface area contributed by atoms with Crippen LogP contribution in [0, 0.1) is 0 Å². The molecule has 1 aromatic heterocycles. The molecule has 1 heterocycles. The van der Waals surface area contributed by atoms with E-state index in [4.69, 9.17) is 0 Å². The van der Waals surface area contributed by atoms with E-state index in [-0.39, 0.29) is 17.5 Å². The Labute approximate surface area is 155 Å². The molecule has 6 nitrogen and oxygen atoms in total. The minimum Gasteiger partial charge on any atom is -0.335 e. The third kappa shape index (κ3) is 6.20. The van der Waals surface area contributed by atoms with Gasteiger partial charge in [0.1, 0.15) is 0 Å². The number of carbonyl (C=O) groups is 2. The van der Waals surface area contributed by atoms with Gasteiger partial charge in [-0.05, 0) is 31.4 Å². The first kappa shape index (κ1) is 21.2. The zero-order chi connectivity index (χ0) is 19.5. The van der Waals surface area contributed by atoms with E-state index >= 15 is 0 Å². The van der Waals surface area contributed by atoms with Gasteiger partial charge in [0.15, 0.2) is 11.6 Å². The van der Waals surface area contributed by atoms with Crippen LogP contribution in [0.2, 0.25) is 0 Å². The maximum Gasteiger partial charge on any atom is 0.246 e. The number of Topliss-reactive ketones (excluding diaryl/α,β-unsaturated/α-hetero) is 1. The third-order valence-corrected chi connectivity index (χ3v) is 3.75. The number of unbranched alkanes of at least 4 members (excludes halogenated alkanes) is 1. The van der Waals surface area contributed by atoms with Crippen LogP contribution >= 0.6 is 0 Å². The van der Waals surface area contributed by atoms with Crippen LogP contribution < -0.4 is 0 Å². The van der Waals surface area contributed by atoms with E-state index in [0.717, 1.165) is 29.6 Å². The van der Waals surface area contributed by atoms with Crippen LogP contribution in [-0.4, -0.2) is 52.9 Å². The summed E-state index contributed by atoms with van der Waals surface area (Å²) in [5.41, 5.74) is 2.52. The highest BCUT2D eigenvalue weighted by molar-refractivity contribution is 6.11. The summed E-state index contributed by atoms with van der Waals surface area (Å²) >= 11 is 0. The van der Waals surface area contributed by atoms with Gasteiger partial charge in [-0.25, -0.2) is 9.97 Å². The lowest BCUT2D eigenvalue weighted by Gasteiger charge is -2.22. The number of allylic oxidation sites excluding steroid dienone is 2. The van der Waals surface area contributed by atoms with Gasteiger partial charge < -0.3 is 4.90 Å². The molecular formula is C20H26N4O2. The molecule has 0 saturated carbocycles. The number of amides is 1. The molecule has 1 aromatic rings. The maximum absolute atomic E-state index is 12.1. The molecule has 0 unspecified atom stereocenters. The maximum atomic E-state index is 12.1. The van der Waals surface area contributed by atoms with Crippen molar-refractivity contribution in [1.29, 1.82) is 0 Å². The van der Waals surface area contributed by atoms with Gasteiger partial charge in [0, 0.05) is 56.8 Å². The fourth-order valence-electron chi connectivity index (χ4n) is 2.40. The first-order chi connectivity index (χ1) is 12.4. The average molecular weight is 354 g/mol. The molecule has 0 atom stereocenters. The Morgan fingerprint density at radius 1 is 1.23 bits per heavy atom. The Morgan fingerprint density at radius 3 is 2.38 bits per heavy atom. The highest BCUT2D eigenvalue weighted by Gasteiger charge is 2.14. The van der Waals surface area contributed by atoms with Crippen LogP contribution in [0.5, 0.6) is 0 Å². The highest BCUT2D eigenvalue weighted by atomic mass is 16.2. The Morgan fingerprint density at radius 2 is 1.88 bits per heavy atom. The minimum atomic E-state index is -0.187. The lowest BCUT2D eigenvalue weighted by molar-refractivity contribution is -0.125. The van der Waals surface area contributed by atoms with Gasteiger partial charge in [0.05, 0.1) is 0 Å². The molecular weight excluding hydrogens is 328 g/mol. The van der Waals surface area contributed by atoms with E-state index < -0.39 is 0 Å². The quantitative estimate of drug-likeness (QED) is 0.213. The largest absolute Gasteiger partial charge is 0.335 e. The Balaban J connectivity index is 3.14. The summed E-state index contributed by atoms with van der Waals surface area (Å²) < 4.78 is 0. The first-order valence-corrected chi connectivity index (χ1v) is 8.42. The Bertz CT molecular complexity index is 718. The number of nitrogens with zero attached hydrogens (tertiary/aromatic N) is 4. The SMILES string of the molecule is C=CCCCN(CC(C)=C(C=NC)c1cnc(C(C)=O)nc1)C(=O)C=C. The standard InChI is InChI=1S/C20H26N4O2/c1-6-8-9-10-24(19(26)7-2)14-15(3)18(13-21-5)17-11-22-20(16(4)25)23-12-17/h6-7,11-13H,1-2,8-10,14H2,3-5H3. The number of ketones is 1. The number of aliphatic imine (C=N–C) groups is 1. The number of hydrogen-bond donors (Lipinski definition) is 0. The monoisotopic (exact) mass is 354 g/mol. The topological polar surface area (TPSA) is 75.5 Å². The first-order valence-electron chi connectivity index (χ1n) is 8.42. The van der Waals surface area contributed by atoms with E-state index in [1.165, 1.54) is 13.0 Å². The van der Waals surface area contributed by atoms with Crippen molar-refractivity contribution in [3.05, 3.63) is 54.7 Å². The van der Waals surface area contributed by atoms with Gasteiger partial charge in [0.25, 0.3) is 0 Å². The third-order valence-electron chi connectivity index (χ3n) is 3.75. The van der Waals surface area contributed by atoms with Crippen molar-refractivity contribution in [3.63, 3.8) is 0 Å². The predicted molar refractivity (Wildman–Crippen MR) is 105 cm³/mol. The van der Waals surface area contributed by atoms with Crippen molar-refractivity contribution < 1.29 is 9.59 Å². The molecule has 0 bridgehead atoms. The molecule has 0 aliphatic carbocycles. The van der Waals surface area contributed by atoms with Crippen molar-refractivity contribution >= 4 is 23.5 Å². The lowest BCUT2D eigenvalue weighted by Crippen LogP contribution is -2.32. The molecule has 1 amide bonds. The molecule has 0 aromatic carbocycles. The average Bonchev–Trinajstić information content (AvgIpc) is 2.64. The van der Waals surface area contributed by atoms with Crippen LogP contribution in [-0.2, 0) is 4.79 Å². The minimum absolute atomic E-state index is 0.121. The Kier molecular flexibility index (Phi) is 8.84. The fourth-order valence-corrected chi connectivity index (χ4v) is 2.40. The zero-order valence-electron chi connectivity index (χ0n) is 15.7. The van der Waals surface area contributed by atoms with E-state index in [1.807, 2.05) is 13.0 Å². The molecule has 0 saturated heterocycles. The lowest BCUT2D eigenvalue weighted by atomic mass is 10.0. The van der Waals surface area contributed by atoms with Crippen LogP contribution in [0.1, 0.15) is 42.9 Å². The van der Waals surface area contributed by atoms with E-state index in [0.29, 0.717) is 13.1 Å². The van der Waals surface area contributed by atoms with Gasteiger partial charge in [0.2, 0.25) is 5.91 Å². The molecule has 26 heavy (non-hydrogen) atoms. The summed E-state index contributed by atoms with van der Waals surface area (Å²) in [5, 5.41) is 0. The predicted octanol–water partition coefficient (Wildman–Crippen LogP) is 3.13. The highest BCUT2D eigenvalue weighted by Crippen LogP contribution is 2.17. The summed E-state index contributed by atoms with van der Waals surface area (Å²) in [7, 11) is 1.68. The van der Waals surface area contributed by atoms with Gasteiger partial charge >= 0.3 is 0 Å². The van der Waals surface area contributed by atoms with Crippen LogP contribution in [0.3, 0.4) is 0 Å². The molecule has 138 valence electrons. The Hall–Kier alpha value is -2.89. The number of aromatic nitrogens is 2. The second-order valence-electron chi connectivity index (χ2n) is 5.83. The van der Waals surface area contributed by atoms with Crippen molar-refractivity contribution in [2.24, 2.45) is 4.99 Å². The zero-order valence-corrected chi connectivity index (χ0v) is 15.7. The van der Waals surface area contributed by atoms with Crippen molar-refractivity contribution in [2.75, 3.05) is 20.1 Å². The van der Waals surface area contributed by atoms with Gasteiger partial charge in [-0.2, -0.15) is 0 Å². The molecule has 0 spiro atoms. The summed E-state index contributed by atoms with van der Waals surface area (Å²) in [6, 6.07) is 0. The molecule has 0 fully saturated rings. The summed E-state index contributed by atoms with van der Waals surface area (Å²) in [6.07, 6.45) is 9.74. The second-order valence-corrected chi connectivity index (χ2v) is 5.83. The second kappa shape index (κ2) is 10.9. The summed E-state index contributed by atoms with van der Waals surface area (Å²) in [6.45, 7) is 11.7. The van der Waals surface area contributed by atoms with Crippen molar-refractivity contribution in [3.8, 4) is 0 Å². The fraction of sp³-hybridized carbons (Fsp3) is 0.350. The van der Waals surface area contributed by atoms with Crippen LogP contribution in [0.15, 0.2) is 48.3 Å². The van der Waals surface area contributed by atoms with E-state index in [1.54, 1.807) is 30.6 Å². The number of rotatable bonds is 10. The van der Waals surface area contributed by atoms with Crippen molar-refractivity contribution in [1.82, 2.24) is 14.9 Å². The molecule has 0 aliphatic heterocycles. The van der Waals surface area contributed by atoms with Crippen LogP contribution in [0.25, 0.3) is 5.57 Å². The summed E-state index contributed by atoms with van der Waals surface area (Å²) in [4.78, 5) is 37.5. The number of carbonyl (C=O) groups excluding carboxylic acids is 2. The smallest absolute Gasteiger partial charge is 0.246 e. The molecule has 1 rings (SSSR count). The van der Waals surface area contributed by atoms with Gasteiger partial charge in [-0.1, -0.05) is 12.7 Å². The molecule has 0 N–H and O–H groups in total. The molecule has 0 aliphatic rings. The van der Waals surface area contributed by atoms with Crippen LogP contribution in [0.4, 0.5) is 0 Å².